The van der Waals surface area contributed by atoms with Crippen LogP contribution >= 0.6 is 11.8 Å². The van der Waals surface area contributed by atoms with E-state index >= 15 is 0 Å². The molecule has 0 spiro atoms. The lowest BCUT2D eigenvalue weighted by Gasteiger charge is -2.11. The van der Waals surface area contributed by atoms with Crippen molar-refractivity contribution in [2.24, 2.45) is 0 Å². The number of rotatable bonds is 10. The van der Waals surface area contributed by atoms with E-state index in [-0.39, 0.29) is 17.4 Å². The molecule has 0 fully saturated rings. The van der Waals surface area contributed by atoms with Gasteiger partial charge < -0.3 is 14.8 Å². The van der Waals surface area contributed by atoms with E-state index in [4.69, 9.17) is 4.74 Å². The number of amides is 1. The molecule has 2 aromatic carbocycles. The van der Waals surface area contributed by atoms with Crippen LogP contribution in [0.3, 0.4) is 0 Å². The fraction of sp³-hybridized carbons (Fsp3) is 0.381. The second-order valence-electron chi connectivity index (χ2n) is 6.31. The first kappa shape index (κ1) is 22.0. The fourth-order valence-corrected chi connectivity index (χ4v) is 3.51. The Morgan fingerprint density at radius 1 is 1.11 bits per heavy atom. The highest BCUT2D eigenvalue weighted by Crippen LogP contribution is 2.29. The number of hydrogen-bond donors (Lipinski definition) is 1. The Morgan fingerprint density at radius 3 is 2.57 bits per heavy atom. The topological polar surface area (TPSA) is 47.6 Å². The summed E-state index contributed by atoms with van der Waals surface area (Å²) < 4.78 is 34.2. The number of alkyl halides is 2. The summed E-state index contributed by atoms with van der Waals surface area (Å²) in [4.78, 5) is 13.2. The van der Waals surface area contributed by atoms with Crippen LogP contribution in [0, 0.1) is 13.8 Å². The van der Waals surface area contributed by atoms with Crippen molar-refractivity contribution in [1.82, 2.24) is 5.32 Å². The maximum Gasteiger partial charge on any atom is 0.387 e. The number of thioether (sulfide) groups is 1. The van der Waals surface area contributed by atoms with Gasteiger partial charge >= 0.3 is 6.61 Å². The van der Waals surface area contributed by atoms with Gasteiger partial charge in [0, 0.05) is 23.6 Å². The number of halogens is 2. The summed E-state index contributed by atoms with van der Waals surface area (Å²) in [5.41, 5.74) is 3.37. The Morgan fingerprint density at radius 2 is 1.89 bits per heavy atom. The first-order valence-corrected chi connectivity index (χ1v) is 9.96. The Balaban J connectivity index is 1.73. The first-order valence-electron chi connectivity index (χ1n) is 8.97. The maximum atomic E-state index is 12.3. The minimum atomic E-state index is -2.90. The summed E-state index contributed by atoms with van der Waals surface area (Å²) in [5, 5.41) is 2.88. The molecule has 1 N–H and O–H groups in total. The van der Waals surface area contributed by atoms with E-state index in [0.29, 0.717) is 25.1 Å². The molecule has 1 amide bonds. The van der Waals surface area contributed by atoms with Gasteiger partial charge in [-0.15, -0.1) is 11.8 Å². The molecule has 0 saturated carbocycles. The molecule has 0 saturated heterocycles. The van der Waals surface area contributed by atoms with Crippen LogP contribution < -0.4 is 14.8 Å². The number of carbonyl (C=O) groups is 1. The summed E-state index contributed by atoms with van der Waals surface area (Å²) >= 11 is 1.66. The smallest absolute Gasteiger partial charge is 0.387 e. The Labute approximate surface area is 168 Å². The highest BCUT2D eigenvalue weighted by atomic mass is 32.2. The van der Waals surface area contributed by atoms with E-state index < -0.39 is 6.61 Å². The zero-order valence-electron chi connectivity index (χ0n) is 16.3. The summed E-state index contributed by atoms with van der Waals surface area (Å²) in [5.74, 6) is 0.936. The van der Waals surface area contributed by atoms with Gasteiger partial charge in [-0.1, -0.05) is 12.1 Å². The number of benzene rings is 2. The van der Waals surface area contributed by atoms with E-state index in [1.807, 2.05) is 0 Å². The van der Waals surface area contributed by atoms with Crippen molar-refractivity contribution >= 4 is 17.7 Å². The fourth-order valence-electron chi connectivity index (χ4n) is 2.56. The highest BCUT2D eigenvalue weighted by molar-refractivity contribution is 7.99. The van der Waals surface area contributed by atoms with Crippen LogP contribution in [0.2, 0.25) is 0 Å². The molecule has 0 bridgehead atoms. The lowest BCUT2D eigenvalue weighted by molar-refractivity contribution is -0.120. The minimum absolute atomic E-state index is 0.00588. The minimum Gasteiger partial charge on any atom is -0.493 e. The molecule has 0 aliphatic heterocycles. The van der Waals surface area contributed by atoms with Gasteiger partial charge in [0.2, 0.25) is 5.91 Å². The lowest BCUT2D eigenvalue weighted by atomic mass is 10.1. The Bertz CT molecular complexity index is 799. The van der Waals surface area contributed by atoms with Crippen molar-refractivity contribution in [3.05, 3.63) is 53.1 Å². The van der Waals surface area contributed by atoms with Crippen molar-refractivity contribution in [2.75, 3.05) is 19.4 Å². The van der Waals surface area contributed by atoms with Crippen LogP contribution in [0.5, 0.6) is 11.5 Å². The van der Waals surface area contributed by atoms with Crippen molar-refractivity contribution in [3.63, 3.8) is 0 Å². The summed E-state index contributed by atoms with van der Waals surface area (Å²) in [6.07, 6.45) is 1.00. The molecule has 2 rings (SSSR count). The van der Waals surface area contributed by atoms with E-state index in [9.17, 15) is 13.6 Å². The van der Waals surface area contributed by atoms with Crippen molar-refractivity contribution in [1.29, 1.82) is 0 Å². The Hall–Kier alpha value is -2.28. The molecule has 0 atom stereocenters. The molecule has 0 unspecified atom stereocenters. The summed E-state index contributed by atoms with van der Waals surface area (Å²) in [7, 11) is 1.40. The normalized spacial score (nSPS) is 10.8. The number of methoxy groups -OCH3 is 1. The second kappa shape index (κ2) is 10.9. The molecular weight excluding hydrogens is 384 g/mol. The third-order valence-corrected chi connectivity index (χ3v) is 5.25. The number of carbonyl (C=O) groups excluding carboxylic acids is 1. The summed E-state index contributed by atoms with van der Waals surface area (Å²) in [6.45, 7) is 1.71. The largest absolute Gasteiger partial charge is 0.493 e. The van der Waals surface area contributed by atoms with Crippen LogP contribution in [0.15, 0.2) is 41.3 Å². The SMILES string of the molecule is COc1cc(CCNC(=O)CCSc2ccc(C)c(C)c2)ccc1OC(F)F. The predicted molar refractivity (Wildman–Crippen MR) is 108 cm³/mol. The quantitative estimate of drug-likeness (QED) is 0.575. The average Bonchev–Trinajstić information content (AvgIpc) is 2.65. The molecule has 7 heteroatoms. The van der Waals surface area contributed by atoms with Gasteiger partial charge in [0.05, 0.1) is 7.11 Å². The van der Waals surface area contributed by atoms with Crippen molar-refractivity contribution < 1.29 is 23.0 Å². The molecule has 0 aliphatic rings. The number of aryl methyl sites for hydroxylation is 2. The van der Waals surface area contributed by atoms with Gasteiger partial charge in [-0.05, 0) is 61.2 Å². The zero-order valence-corrected chi connectivity index (χ0v) is 17.1. The molecule has 152 valence electrons. The molecule has 0 heterocycles. The van der Waals surface area contributed by atoms with E-state index in [0.717, 1.165) is 10.5 Å². The lowest BCUT2D eigenvalue weighted by Crippen LogP contribution is -2.25. The molecule has 0 radical (unpaired) electrons. The van der Waals surface area contributed by atoms with Gasteiger partial charge in [0.25, 0.3) is 0 Å². The number of nitrogens with one attached hydrogen (secondary N) is 1. The van der Waals surface area contributed by atoms with Gasteiger partial charge in [-0.3, -0.25) is 4.79 Å². The van der Waals surface area contributed by atoms with E-state index in [2.05, 4.69) is 42.1 Å². The van der Waals surface area contributed by atoms with Crippen LogP contribution in [0.4, 0.5) is 8.78 Å². The van der Waals surface area contributed by atoms with Crippen molar-refractivity contribution in [2.45, 2.75) is 38.2 Å². The van der Waals surface area contributed by atoms with E-state index in [1.54, 1.807) is 23.9 Å². The number of ether oxygens (including phenoxy) is 2. The highest BCUT2D eigenvalue weighted by Gasteiger charge is 2.11. The first-order chi connectivity index (χ1) is 13.4. The second-order valence-corrected chi connectivity index (χ2v) is 7.48. The molecule has 4 nitrogen and oxygen atoms in total. The van der Waals surface area contributed by atoms with Crippen LogP contribution in [-0.2, 0) is 11.2 Å². The molecule has 2 aromatic rings. The van der Waals surface area contributed by atoms with Gasteiger partial charge in [-0.25, -0.2) is 0 Å². The van der Waals surface area contributed by atoms with Crippen LogP contribution in [-0.4, -0.2) is 31.9 Å². The van der Waals surface area contributed by atoms with Crippen LogP contribution in [0.1, 0.15) is 23.1 Å². The molecular formula is C21H25F2NO3S. The van der Waals surface area contributed by atoms with Crippen LogP contribution in [0.25, 0.3) is 0 Å². The summed E-state index contributed by atoms with van der Waals surface area (Å²) in [6, 6.07) is 11.1. The van der Waals surface area contributed by atoms with Gasteiger partial charge in [-0.2, -0.15) is 8.78 Å². The van der Waals surface area contributed by atoms with Crippen molar-refractivity contribution in [3.8, 4) is 11.5 Å². The molecule has 0 aliphatic carbocycles. The number of hydrogen-bond acceptors (Lipinski definition) is 4. The van der Waals surface area contributed by atoms with Gasteiger partial charge in [0.1, 0.15) is 0 Å². The predicted octanol–water partition coefficient (Wildman–Crippen LogP) is 4.75. The molecule has 0 aromatic heterocycles. The standard InChI is InChI=1S/C21H25F2NO3S/c1-14-4-6-17(12-15(14)2)28-11-9-20(25)24-10-8-16-5-7-18(27-21(22)23)19(13-16)26-3/h4-7,12-13,21H,8-11H2,1-3H3,(H,24,25). The maximum absolute atomic E-state index is 12.3. The Kier molecular flexibility index (Phi) is 8.57. The molecule has 28 heavy (non-hydrogen) atoms. The van der Waals surface area contributed by atoms with Gasteiger partial charge in [0.15, 0.2) is 11.5 Å². The third kappa shape index (κ3) is 7.03. The monoisotopic (exact) mass is 409 g/mol. The van der Waals surface area contributed by atoms with E-state index in [1.165, 1.54) is 24.3 Å². The zero-order chi connectivity index (χ0) is 20.5. The average molecular weight is 409 g/mol. The third-order valence-electron chi connectivity index (χ3n) is 4.26.